The molecule has 0 fully saturated rings. The Hall–Kier alpha value is -2.86. The number of nitrogens with one attached hydrogen (secondary N) is 2. The molecule has 3 rings (SSSR count). The maximum atomic E-state index is 13.2. The van der Waals surface area contributed by atoms with E-state index in [1.807, 2.05) is 57.3 Å². The Morgan fingerprint density at radius 2 is 2.04 bits per heavy atom. The second kappa shape index (κ2) is 7.80. The van der Waals surface area contributed by atoms with Gasteiger partial charge in [-0.05, 0) is 38.1 Å². The van der Waals surface area contributed by atoms with Gasteiger partial charge in [-0.1, -0.05) is 23.8 Å². The number of likely N-dealkylation sites (N-methyl/N-ethyl adjacent to an activating group) is 1. The first kappa shape index (κ1) is 18.9. The minimum atomic E-state index is -0.311. The first-order chi connectivity index (χ1) is 12.9. The van der Waals surface area contributed by atoms with E-state index in [4.69, 9.17) is 4.74 Å². The Labute approximate surface area is 159 Å². The highest BCUT2D eigenvalue weighted by atomic mass is 16.5. The van der Waals surface area contributed by atoms with Gasteiger partial charge in [0, 0.05) is 5.56 Å². The molecule has 2 aromatic rings. The normalized spacial score (nSPS) is 15.6. The summed E-state index contributed by atoms with van der Waals surface area (Å²) in [6.45, 7) is 4.63. The van der Waals surface area contributed by atoms with Crippen LogP contribution in [0.3, 0.4) is 0 Å². The molecule has 6 nitrogen and oxygen atoms in total. The lowest BCUT2D eigenvalue weighted by Crippen LogP contribution is -3.12. The summed E-state index contributed by atoms with van der Waals surface area (Å²) in [7, 11) is 3.64. The van der Waals surface area contributed by atoms with E-state index in [1.165, 1.54) is 0 Å². The standard InChI is InChI=1S/C21H25N3O3/c1-14-9-10-19(27-4)16(11-14)12-23(3)15(2)21(26)24-13-20(25)22-17-7-5-6-8-18(17)24/h5-11,15H,12-13H2,1-4H3,(H,22,25)/p+1/t15-/m0/s1. The third kappa shape index (κ3) is 3.95. The molecule has 0 bridgehead atoms. The number of para-hydroxylation sites is 2. The van der Waals surface area contributed by atoms with Crippen molar-refractivity contribution in [2.75, 3.05) is 30.9 Å². The van der Waals surface area contributed by atoms with Gasteiger partial charge in [-0.3, -0.25) is 14.5 Å². The summed E-state index contributed by atoms with van der Waals surface area (Å²) in [4.78, 5) is 27.8. The van der Waals surface area contributed by atoms with Gasteiger partial charge in [0.1, 0.15) is 18.8 Å². The summed E-state index contributed by atoms with van der Waals surface area (Å²) in [6.07, 6.45) is 0. The average Bonchev–Trinajstić information content (AvgIpc) is 2.66. The van der Waals surface area contributed by atoms with Crippen LogP contribution in [0.15, 0.2) is 42.5 Å². The van der Waals surface area contributed by atoms with Crippen LogP contribution >= 0.6 is 0 Å². The molecule has 1 aliphatic rings. The van der Waals surface area contributed by atoms with Crippen LogP contribution in [0.5, 0.6) is 5.75 Å². The van der Waals surface area contributed by atoms with E-state index in [1.54, 1.807) is 12.0 Å². The summed E-state index contributed by atoms with van der Waals surface area (Å²) in [5.41, 5.74) is 3.63. The van der Waals surface area contributed by atoms with Crippen LogP contribution in [-0.2, 0) is 16.1 Å². The van der Waals surface area contributed by atoms with Crippen LogP contribution in [0.4, 0.5) is 11.4 Å². The van der Waals surface area contributed by atoms with Crippen LogP contribution in [-0.4, -0.2) is 38.6 Å². The molecule has 6 heteroatoms. The van der Waals surface area contributed by atoms with Crippen molar-refractivity contribution >= 4 is 23.2 Å². The Balaban J connectivity index is 1.79. The number of nitrogens with zero attached hydrogens (tertiary/aromatic N) is 1. The molecule has 2 aromatic carbocycles. The molecule has 0 spiro atoms. The van der Waals surface area contributed by atoms with Crippen LogP contribution in [0.25, 0.3) is 0 Å². The van der Waals surface area contributed by atoms with Gasteiger partial charge in [-0.15, -0.1) is 0 Å². The molecular weight excluding hydrogens is 342 g/mol. The van der Waals surface area contributed by atoms with Gasteiger partial charge in [-0.2, -0.15) is 0 Å². The predicted octanol–water partition coefficient (Wildman–Crippen LogP) is 1.39. The van der Waals surface area contributed by atoms with Gasteiger partial charge < -0.3 is 15.0 Å². The summed E-state index contributed by atoms with van der Waals surface area (Å²) in [6, 6.07) is 13.1. The van der Waals surface area contributed by atoms with E-state index in [0.29, 0.717) is 12.2 Å². The van der Waals surface area contributed by atoms with Gasteiger partial charge in [0.05, 0.1) is 25.5 Å². The molecule has 2 N–H and O–H groups in total. The number of anilines is 2. The molecule has 0 radical (unpaired) electrons. The molecule has 2 amide bonds. The summed E-state index contributed by atoms with van der Waals surface area (Å²) < 4.78 is 5.46. The maximum Gasteiger partial charge on any atom is 0.285 e. The average molecular weight is 368 g/mol. The molecule has 0 aromatic heterocycles. The number of rotatable bonds is 5. The molecular formula is C21H26N3O3+. The fourth-order valence-electron chi connectivity index (χ4n) is 3.37. The molecule has 1 aliphatic heterocycles. The number of carbonyl (C=O) groups excluding carboxylic acids is 2. The Kier molecular flexibility index (Phi) is 5.46. The molecule has 0 saturated heterocycles. The van der Waals surface area contributed by atoms with Crippen LogP contribution in [0.1, 0.15) is 18.1 Å². The van der Waals surface area contributed by atoms with E-state index in [0.717, 1.165) is 27.5 Å². The monoisotopic (exact) mass is 368 g/mol. The van der Waals surface area contributed by atoms with E-state index in [-0.39, 0.29) is 24.4 Å². The van der Waals surface area contributed by atoms with E-state index < -0.39 is 0 Å². The van der Waals surface area contributed by atoms with Crippen molar-refractivity contribution in [3.8, 4) is 5.75 Å². The maximum absolute atomic E-state index is 13.2. The summed E-state index contributed by atoms with van der Waals surface area (Å²) in [5.74, 6) is 0.580. The number of aryl methyl sites for hydroxylation is 1. The molecule has 0 aliphatic carbocycles. The Morgan fingerprint density at radius 1 is 1.30 bits per heavy atom. The van der Waals surface area contributed by atoms with Crippen molar-refractivity contribution in [1.29, 1.82) is 0 Å². The quantitative estimate of drug-likeness (QED) is 0.838. The molecule has 2 atom stereocenters. The summed E-state index contributed by atoms with van der Waals surface area (Å²) in [5, 5.41) is 2.82. The van der Waals surface area contributed by atoms with Crippen molar-refractivity contribution < 1.29 is 19.2 Å². The fourth-order valence-corrected chi connectivity index (χ4v) is 3.37. The third-order valence-corrected chi connectivity index (χ3v) is 5.05. The van der Waals surface area contributed by atoms with Gasteiger partial charge in [0.15, 0.2) is 6.04 Å². The van der Waals surface area contributed by atoms with Gasteiger partial charge in [0.2, 0.25) is 5.91 Å². The zero-order valence-corrected chi connectivity index (χ0v) is 16.2. The number of carbonyl (C=O) groups is 2. The minimum Gasteiger partial charge on any atom is -0.496 e. The largest absolute Gasteiger partial charge is 0.496 e. The highest BCUT2D eigenvalue weighted by molar-refractivity contribution is 6.10. The number of methoxy groups -OCH3 is 1. The summed E-state index contributed by atoms with van der Waals surface area (Å²) >= 11 is 0. The first-order valence-corrected chi connectivity index (χ1v) is 9.06. The lowest BCUT2D eigenvalue weighted by molar-refractivity contribution is -0.908. The number of amides is 2. The highest BCUT2D eigenvalue weighted by Gasteiger charge is 2.33. The number of ether oxygens (including phenoxy) is 1. The second-order valence-corrected chi connectivity index (χ2v) is 7.05. The van der Waals surface area contributed by atoms with Crippen LogP contribution in [0.2, 0.25) is 0 Å². The number of quaternary nitrogens is 1. The van der Waals surface area contributed by atoms with Crippen molar-refractivity contribution in [2.24, 2.45) is 0 Å². The van der Waals surface area contributed by atoms with E-state index in [9.17, 15) is 9.59 Å². The fraction of sp³-hybridized carbons (Fsp3) is 0.333. The lowest BCUT2D eigenvalue weighted by Gasteiger charge is -2.32. The lowest BCUT2D eigenvalue weighted by atomic mass is 10.1. The van der Waals surface area contributed by atoms with Gasteiger partial charge in [0.25, 0.3) is 5.91 Å². The number of hydrogen-bond donors (Lipinski definition) is 2. The highest BCUT2D eigenvalue weighted by Crippen LogP contribution is 2.29. The van der Waals surface area contributed by atoms with Gasteiger partial charge >= 0.3 is 0 Å². The molecule has 0 saturated carbocycles. The van der Waals surface area contributed by atoms with Crippen molar-refractivity contribution in [3.63, 3.8) is 0 Å². The SMILES string of the molecule is COc1ccc(C)cc1C[NH+](C)[C@@H](C)C(=O)N1CC(=O)Nc2ccccc21. The number of benzene rings is 2. The second-order valence-electron chi connectivity index (χ2n) is 7.05. The number of fused-ring (bicyclic) bond motifs is 1. The third-order valence-electron chi connectivity index (χ3n) is 5.05. The zero-order chi connectivity index (χ0) is 19.6. The van der Waals surface area contributed by atoms with Gasteiger partial charge in [-0.25, -0.2) is 0 Å². The zero-order valence-electron chi connectivity index (χ0n) is 16.2. The minimum absolute atomic E-state index is 0.0429. The predicted molar refractivity (Wildman–Crippen MR) is 105 cm³/mol. The Morgan fingerprint density at radius 3 is 2.78 bits per heavy atom. The topological polar surface area (TPSA) is 63.1 Å². The van der Waals surface area contributed by atoms with Crippen molar-refractivity contribution in [3.05, 3.63) is 53.6 Å². The molecule has 1 heterocycles. The molecule has 1 unspecified atom stereocenters. The smallest absolute Gasteiger partial charge is 0.285 e. The molecule has 142 valence electrons. The van der Waals surface area contributed by atoms with Crippen LogP contribution in [0, 0.1) is 6.92 Å². The first-order valence-electron chi connectivity index (χ1n) is 9.06. The van der Waals surface area contributed by atoms with Crippen molar-refractivity contribution in [1.82, 2.24) is 0 Å². The van der Waals surface area contributed by atoms with Crippen LogP contribution < -0.4 is 19.9 Å². The Bertz CT molecular complexity index is 866. The number of hydrogen-bond acceptors (Lipinski definition) is 3. The van der Waals surface area contributed by atoms with Crippen molar-refractivity contribution in [2.45, 2.75) is 26.4 Å². The van der Waals surface area contributed by atoms with E-state index in [2.05, 4.69) is 11.4 Å². The van der Waals surface area contributed by atoms with E-state index >= 15 is 0 Å². The molecule has 27 heavy (non-hydrogen) atoms.